The van der Waals surface area contributed by atoms with E-state index in [1.165, 1.54) is 4.88 Å². The average molecular weight is 263 g/mol. The van der Waals surface area contributed by atoms with Gasteiger partial charge in [-0.1, -0.05) is 13.0 Å². The molecule has 1 amide bonds. The third-order valence-electron chi connectivity index (χ3n) is 2.72. The van der Waals surface area contributed by atoms with Crippen LogP contribution in [0.25, 0.3) is 0 Å². The van der Waals surface area contributed by atoms with Gasteiger partial charge in [-0.25, -0.2) is 0 Å². The number of hydrogen-bond acceptors (Lipinski definition) is 3. The summed E-state index contributed by atoms with van der Waals surface area (Å²) in [6, 6.07) is 5.98. The zero-order chi connectivity index (χ0) is 12.8. The summed E-state index contributed by atoms with van der Waals surface area (Å²) in [5.74, 6) is 0.0234. The topological polar surface area (TPSA) is 46.9 Å². The zero-order valence-electron chi connectivity index (χ0n) is 10.4. The molecule has 4 nitrogen and oxygen atoms in total. The number of nitrogens with one attached hydrogen (secondary N) is 1. The van der Waals surface area contributed by atoms with Gasteiger partial charge < -0.3 is 5.32 Å². The van der Waals surface area contributed by atoms with E-state index < -0.39 is 0 Å². The van der Waals surface area contributed by atoms with Gasteiger partial charge in [0.25, 0.3) is 0 Å². The van der Waals surface area contributed by atoms with Crippen LogP contribution in [0.5, 0.6) is 0 Å². The van der Waals surface area contributed by atoms with Crippen molar-refractivity contribution in [1.29, 1.82) is 0 Å². The molecule has 1 atom stereocenters. The first-order valence-corrected chi connectivity index (χ1v) is 6.91. The van der Waals surface area contributed by atoms with Crippen molar-refractivity contribution in [2.24, 2.45) is 5.92 Å². The Bertz CT molecular complexity index is 464. The second kappa shape index (κ2) is 6.35. The quantitative estimate of drug-likeness (QED) is 0.865. The van der Waals surface area contributed by atoms with Gasteiger partial charge in [-0.2, -0.15) is 5.10 Å². The van der Waals surface area contributed by atoms with Crippen molar-refractivity contribution in [3.63, 3.8) is 0 Å². The summed E-state index contributed by atoms with van der Waals surface area (Å²) in [6.45, 7) is 3.24. The Balaban J connectivity index is 1.70. The Morgan fingerprint density at radius 3 is 3.11 bits per heavy atom. The Labute approximate surface area is 111 Å². The molecular weight excluding hydrogens is 246 g/mol. The fourth-order valence-electron chi connectivity index (χ4n) is 1.71. The number of hydrogen-bond donors (Lipinski definition) is 1. The molecule has 2 aromatic rings. The van der Waals surface area contributed by atoms with Gasteiger partial charge in [-0.15, -0.1) is 11.3 Å². The van der Waals surface area contributed by atoms with Gasteiger partial charge >= 0.3 is 0 Å². The molecule has 1 N–H and O–H groups in total. The molecule has 0 aromatic carbocycles. The predicted molar refractivity (Wildman–Crippen MR) is 72.4 cm³/mol. The number of amides is 1. The lowest BCUT2D eigenvalue weighted by molar-refractivity contribution is -0.124. The van der Waals surface area contributed by atoms with Crippen LogP contribution < -0.4 is 5.32 Å². The first-order chi connectivity index (χ1) is 8.75. The largest absolute Gasteiger partial charge is 0.355 e. The van der Waals surface area contributed by atoms with Gasteiger partial charge in [0.15, 0.2) is 0 Å². The third kappa shape index (κ3) is 3.70. The zero-order valence-corrected chi connectivity index (χ0v) is 11.2. The lowest BCUT2D eigenvalue weighted by Gasteiger charge is -2.11. The highest BCUT2D eigenvalue weighted by Gasteiger charge is 2.12. The lowest BCUT2D eigenvalue weighted by atomic mass is 10.1. The van der Waals surface area contributed by atoms with Gasteiger partial charge in [0.1, 0.15) is 0 Å². The van der Waals surface area contributed by atoms with Crippen LogP contribution in [-0.2, 0) is 17.8 Å². The van der Waals surface area contributed by atoms with Gasteiger partial charge in [0, 0.05) is 23.8 Å². The smallest absolute Gasteiger partial charge is 0.224 e. The first-order valence-electron chi connectivity index (χ1n) is 6.03. The normalized spacial score (nSPS) is 12.3. The molecule has 2 rings (SSSR count). The third-order valence-corrected chi connectivity index (χ3v) is 3.65. The monoisotopic (exact) mass is 263 g/mol. The van der Waals surface area contributed by atoms with Crippen molar-refractivity contribution in [3.05, 3.63) is 40.8 Å². The number of carbonyl (C=O) groups is 1. The van der Waals surface area contributed by atoms with Crippen molar-refractivity contribution >= 4 is 17.2 Å². The Morgan fingerprint density at radius 2 is 2.44 bits per heavy atom. The molecule has 5 heteroatoms. The molecule has 0 aliphatic heterocycles. The van der Waals surface area contributed by atoms with Gasteiger partial charge in [-0.05, 0) is 23.9 Å². The van der Waals surface area contributed by atoms with Crippen molar-refractivity contribution < 1.29 is 4.79 Å². The van der Waals surface area contributed by atoms with Crippen LogP contribution in [0.4, 0.5) is 0 Å². The van der Waals surface area contributed by atoms with Crippen molar-refractivity contribution in [1.82, 2.24) is 15.1 Å². The Hall–Kier alpha value is -1.62. The van der Waals surface area contributed by atoms with Crippen LogP contribution in [0.3, 0.4) is 0 Å². The second-order valence-electron chi connectivity index (χ2n) is 4.25. The number of carbonyl (C=O) groups excluding carboxylic acids is 1. The summed E-state index contributed by atoms with van der Waals surface area (Å²) in [5.41, 5.74) is 0. The highest BCUT2D eigenvalue weighted by atomic mass is 32.1. The number of aromatic nitrogens is 2. The van der Waals surface area contributed by atoms with E-state index >= 15 is 0 Å². The molecular formula is C13H17N3OS. The molecule has 0 saturated carbocycles. The molecule has 0 radical (unpaired) electrons. The van der Waals surface area contributed by atoms with Crippen LogP contribution in [-0.4, -0.2) is 22.2 Å². The van der Waals surface area contributed by atoms with Gasteiger partial charge in [0.05, 0.1) is 12.5 Å². The fraction of sp³-hybridized carbons (Fsp3) is 0.385. The van der Waals surface area contributed by atoms with Crippen molar-refractivity contribution in [2.75, 3.05) is 6.54 Å². The molecule has 1 unspecified atom stereocenters. The van der Waals surface area contributed by atoms with Crippen LogP contribution in [0.15, 0.2) is 36.0 Å². The van der Waals surface area contributed by atoms with E-state index in [0.717, 1.165) is 6.42 Å². The number of nitrogens with zero attached hydrogens (tertiary/aromatic N) is 2. The van der Waals surface area contributed by atoms with E-state index in [0.29, 0.717) is 13.1 Å². The fourth-order valence-corrected chi connectivity index (χ4v) is 2.42. The van der Waals surface area contributed by atoms with Crippen molar-refractivity contribution in [3.8, 4) is 0 Å². The molecule has 0 fully saturated rings. The molecule has 2 aromatic heterocycles. The minimum atomic E-state index is -0.0618. The summed E-state index contributed by atoms with van der Waals surface area (Å²) in [5, 5.41) is 9.11. The SMILES string of the molecule is CC(Cn1cccn1)C(=O)NCCc1cccs1. The number of thiophene rings is 1. The van der Waals surface area contributed by atoms with Gasteiger partial charge in [-0.3, -0.25) is 9.48 Å². The van der Waals surface area contributed by atoms with Crippen LogP contribution in [0.2, 0.25) is 0 Å². The van der Waals surface area contributed by atoms with E-state index in [2.05, 4.69) is 21.9 Å². The maximum Gasteiger partial charge on any atom is 0.224 e. The van der Waals surface area contributed by atoms with E-state index in [9.17, 15) is 4.79 Å². The summed E-state index contributed by atoms with van der Waals surface area (Å²) in [7, 11) is 0. The summed E-state index contributed by atoms with van der Waals surface area (Å²) in [6.07, 6.45) is 4.49. The molecule has 18 heavy (non-hydrogen) atoms. The molecule has 2 heterocycles. The maximum absolute atomic E-state index is 11.8. The standard InChI is InChI=1S/C13H17N3OS/c1-11(10-16-8-3-6-15-16)13(17)14-7-5-12-4-2-9-18-12/h2-4,6,8-9,11H,5,7,10H2,1H3,(H,14,17). The molecule has 96 valence electrons. The number of rotatable bonds is 6. The van der Waals surface area contributed by atoms with Crippen molar-refractivity contribution in [2.45, 2.75) is 19.9 Å². The minimum Gasteiger partial charge on any atom is -0.355 e. The molecule has 0 aliphatic carbocycles. The first kappa shape index (κ1) is 12.8. The molecule has 0 spiro atoms. The maximum atomic E-state index is 11.8. The molecule has 0 saturated heterocycles. The second-order valence-corrected chi connectivity index (χ2v) is 5.28. The predicted octanol–water partition coefficient (Wildman–Crippen LogP) is 1.94. The van der Waals surface area contributed by atoms with Crippen LogP contribution in [0, 0.1) is 5.92 Å². The summed E-state index contributed by atoms with van der Waals surface area (Å²) < 4.78 is 1.78. The van der Waals surface area contributed by atoms with Gasteiger partial charge in [0.2, 0.25) is 5.91 Å². The average Bonchev–Trinajstić information content (AvgIpc) is 3.01. The van der Waals surface area contributed by atoms with E-state index in [4.69, 9.17) is 0 Å². The summed E-state index contributed by atoms with van der Waals surface area (Å²) in [4.78, 5) is 13.1. The highest BCUT2D eigenvalue weighted by Crippen LogP contribution is 2.08. The summed E-state index contributed by atoms with van der Waals surface area (Å²) >= 11 is 1.72. The Morgan fingerprint density at radius 1 is 1.56 bits per heavy atom. The molecule has 0 aliphatic rings. The lowest BCUT2D eigenvalue weighted by Crippen LogP contribution is -2.32. The van der Waals surface area contributed by atoms with E-state index in [1.807, 2.05) is 25.3 Å². The van der Waals surface area contributed by atoms with E-state index in [1.54, 1.807) is 22.2 Å². The Kier molecular flexibility index (Phi) is 4.52. The highest BCUT2D eigenvalue weighted by molar-refractivity contribution is 7.09. The van der Waals surface area contributed by atoms with Crippen LogP contribution in [0.1, 0.15) is 11.8 Å². The molecule has 0 bridgehead atoms. The van der Waals surface area contributed by atoms with E-state index in [-0.39, 0.29) is 11.8 Å². The van der Waals surface area contributed by atoms with Crippen LogP contribution >= 0.6 is 11.3 Å². The minimum absolute atomic E-state index is 0.0618.